The first-order chi connectivity index (χ1) is 8.99. The summed E-state index contributed by atoms with van der Waals surface area (Å²) in [4.78, 5) is 18.5. The summed E-state index contributed by atoms with van der Waals surface area (Å²) >= 11 is 0. The molecule has 0 spiro atoms. The van der Waals surface area contributed by atoms with E-state index in [0.717, 1.165) is 12.8 Å². The molecular weight excluding hydrogens is 244 g/mol. The number of aryl methyl sites for hydroxylation is 1. The molecule has 106 valence electrons. The standard InChI is InChI=1S/C13H22N4O2/c1-8-5-6-9(2)17(8)10(3)13(18)14-7-12-15-11(4)19-16-12/h8-10H,5-7H2,1-4H3,(H,14,18)/t8-,9-,10+/m1/s1. The Morgan fingerprint density at radius 1 is 1.47 bits per heavy atom. The number of amides is 1. The van der Waals surface area contributed by atoms with Crippen molar-refractivity contribution >= 4 is 5.91 Å². The first-order valence-corrected chi connectivity index (χ1v) is 6.83. The Balaban J connectivity index is 1.88. The fourth-order valence-electron chi connectivity index (χ4n) is 2.84. The van der Waals surface area contributed by atoms with Crippen molar-refractivity contribution in [1.82, 2.24) is 20.4 Å². The summed E-state index contributed by atoms with van der Waals surface area (Å²) in [5.74, 6) is 1.04. The Hall–Kier alpha value is -1.43. The average molecular weight is 266 g/mol. The highest BCUT2D eigenvalue weighted by Gasteiger charge is 2.34. The molecule has 1 fully saturated rings. The van der Waals surface area contributed by atoms with E-state index in [4.69, 9.17) is 4.52 Å². The highest BCUT2D eigenvalue weighted by atomic mass is 16.5. The zero-order chi connectivity index (χ0) is 14.0. The lowest BCUT2D eigenvalue weighted by Crippen LogP contribution is -2.49. The number of nitrogens with one attached hydrogen (secondary N) is 1. The Morgan fingerprint density at radius 3 is 2.63 bits per heavy atom. The lowest BCUT2D eigenvalue weighted by atomic mass is 10.2. The van der Waals surface area contributed by atoms with Crippen LogP contribution in [0.1, 0.15) is 45.3 Å². The van der Waals surface area contributed by atoms with E-state index in [0.29, 0.717) is 30.3 Å². The number of nitrogens with zero attached hydrogens (tertiary/aromatic N) is 3. The Bertz CT molecular complexity index is 436. The number of hydrogen-bond donors (Lipinski definition) is 1. The third-order valence-electron chi connectivity index (χ3n) is 3.84. The molecule has 1 aliphatic heterocycles. The fourth-order valence-corrected chi connectivity index (χ4v) is 2.84. The second-order valence-corrected chi connectivity index (χ2v) is 5.35. The molecule has 2 heterocycles. The van der Waals surface area contributed by atoms with Crippen LogP contribution in [0.3, 0.4) is 0 Å². The monoisotopic (exact) mass is 266 g/mol. The van der Waals surface area contributed by atoms with Crippen LogP contribution >= 0.6 is 0 Å². The third kappa shape index (κ3) is 3.12. The summed E-state index contributed by atoms with van der Waals surface area (Å²) < 4.78 is 4.87. The molecule has 1 N–H and O–H groups in total. The number of carbonyl (C=O) groups excluding carboxylic acids is 1. The van der Waals surface area contributed by atoms with E-state index in [1.54, 1.807) is 6.92 Å². The van der Waals surface area contributed by atoms with E-state index in [2.05, 4.69) is 34.2 Å². The molecule has 3 atom stereocenters. The highest BCUT2D eigenvalue weighted by Crippen LogP contribution is 2.25. The largest absolute Gasteiger partial charge is 0.347 e. The Kier molecular flexibility index (Phi) is 4.19. The van der Waals surface area contributed by atoms with Crippen LogP contribution in [0.25, 0.3) is 0 Å². The molecular formula is C13H22N4O2. The summed E-state index contributed by atoms with van der Waals surface area (Å²) in [5, 5.41) is 6.62. The van der Waals surface area contributed by atoms with Crippen molar-refractivity contribution in [2.45, 2.75) is 65.2 Å². The molecule has 1 amide bonds. The summed E-state index contributed by atoms with van der Waals surface area (Å²) in [7, 11) is 0. The predicted octanol–water partition coefficient (Wildman–Crippen LogP) is 1.26. The van der Waals surface area contributed by atoms with Crippen LogP contribution in [0.4, 0.5) is 0 Å². The quantitative estimate of drug-likeness (QED) is 0.888. The van der Waals surface area contributed by atoms with Crippen molar-refractivity contribution in [3.8, 4) is 0 Å². The van der Waals surface area contributed by atoms with E-state index in [1.807, 2.05) is 6.92 Å². The number of aromatic nitrogens is 2. The fraction of sp³-hybridized carbons (Fsp3) is 0.769. The topological polar surface area (TPSA) is 71.3 Å². The second kappa shape index (κ2) is 5.69. The van der Waals surface area contributed by atoms with Gasteiger partial charge in [0.2, 0.25) is 11.8 Å². The van der Waals surface area contributed by atoms with Crippen LogP contribution < -0.4 is 5.32 Å². The van der Waals surface area contributed by atoms with E-state index < -0.39 is 0 Å². The van der Waals surface area contributed by atoms with Crippen molar-refractivity contribution in [3.63, 3.8) is 0 Å². The maximum absolute atomic E-state index is 12.2. The number of carbonyl (C=O) groups is 1. The van der Waals surface area contributed by atoms with Gasteiger partial charge in [-0.15, -0.1) is 0 Å². The van der Waals surface area contributed by atoms with Gasteiger partial charge in [0, 0.05) is 19.0 Å². The van der Waals surface area contributed by atoms with Gasteiger partial charge in [0.25, 0.3) is 0 Å². The summed E-state index contributed by atoms with van der Waals surface area (Å²) in [6, 6.07) is 0.798. The normalized spacial score (nSPS) is 25.5. The number of rotatable bonds is 4. The molecule has 0 unspecified atom stereocenters. The molecule has 0 bridgehead atoms. The molecule has 0 aliphatic carbocycles. The summed E-state index contributed by atoms with van der Waals surface area (Å²) in [5.41, 5.74) is 0. The van der Waals surface area contributed by atoms with Crippen molar-refractivity contribution in [1.29, 1.82) is 0 Å². The first-order valence-electron chi connectivity index (χ1n) is 6.83. The third-order valence-corrected chi connectivity index (χ3v) is 3.84. The number of hydrogen-bond acceptors (Lipinski definition) is 5. The van der Waals surface area contributed by atoms with E-state index in [-0.39, 0.29) is 11.9 Å². The van der Waals surface area contributed by atoms with Gasteiger partial charge in [-0.25, -0.2) is 0 Å². The maximum Gasteiger partial charge on any atom is 0.237 e. The van der Waals surface area contributed by atoms with Crippen LogP contribution in [0.2, 0.25) is 0 Å². The van der Waals surface area contributed by atoms with Crippen molar-refractivity contribution in [2.24, 2.45) is 0 Å². The van der Waals surface area contributed by atoms with Crippen molar-refractivity contribution in [2.75, 3.05) is 0 Å². The lowest BCUT2D eigenvalue weighted by Gasteiger charge is -2.31. The number of likely N-dealkylation sites (tertiary alicyclic amines) is 1. The van der Waals surface area contributed by atoms with Gasteiger partial charge < -0.3 is 9.84 Å². The van der Waals surface area contributed by atoms with Gasteiger partial charge in [0.15, 0.2) is 5.82 Å². The zero-order valence-corrected chi connectivity index (χ0v) is 12.0. The van der Waals surface area contributed by atoms with Gasteiger partial charge in [-0.2, -0.15) is 4.98 Å². The van der Waals surface area contributed by atoms with Crippen LogP contribution in [-0.4, -0.2) is 39.1 Å². The highest BCUT2D eigenvalue weighted by molar-refractivity contribution is 5.81. The molecule has 0 aromatic carbocycles. The summed E-state index contributed by atoms with van der Waals surface area (Å²) in [6.45, 7) is 8.35. The van der Waals surface area contributed by atoms with Gasteiger partial charge in [-0.05, 0) is 33.6 Å². The van der Waals surface area contributed by atoms with E-state index >= 15 is 0 Å². The molecule has 0 saturated carbocycles. The van der Waals surface area contributed by atoms with Gasteiger partial charge in [0.1, 0.15) is 0 Å². The summed E-state index contributed by atoms with van der Waals surface area (Å²) in [6.07, 6.45) is 2.31. The molecule has 1 saturated heterocycles. The zero-order valence-electron chi connectivity index (χ0n) is 12.0. The SMILES string of the molecule is Cc1nc(CNC(=O)[C@H](C)N2[C@H](C)CC[C@H]2C)no1. The Labute approximate surface area is 113 Å². The molecule has 1 aromatic heterocycles. The van der Waals surface area contributed by atoms with Gasteiger partial charge >= 0.3 is 0 Å². The van der Waals surface area contributed by atoms with Gasteiger partial charge in [-0.3, -0.25) is 9.69 Å². The van der Waals surface area contributed by atoms with Crippen LogP contribution in [0.15, 0.2) is 4.52 Å². The van der Waals surface area contributed by atoms with E-state index in [9.17, 15) is 4.79 Å². The molecule has 19 heavy (non-hydrogen) atoms. The molecule has 6 heteroatoms. The van der Waals surface area contributed by atoms with Crippen molar-refractivity contribution in [3.05, 3.63) is 11.7 Å². The van der Waals surface area contributed by atoms with Crippen molar-refractivity contribution < 1.29 is 9.32 Å². The molecule has 2 rings (SSSR count). The first kappa shape index (κ1) is 14.0. The molecule has 1 aromatic rings. The lowest BCUT2D eigenvalue weighted by molar-refractivity contribution is -0.127. The Morgan fingerprint density at radius 2 is 2.11 bits per heavy atom. The molecule has 6 nitrogen and oxygen atoms in total. The minimum Gasteiger partial charge on any atom is -0.347 e. The van der Waals surface area contributed by atoms with Gasteiger partial charge in [-0.1, -0.05) is 5.16 Å². The average Bonchev–Trinajstić information content (AvgIpc) is 2.92. The van der Waals surface area contributed by atoms with Crippen LogP contribution in [-0.2, 0) is 11.3 Å². The minimum atomic E-state index is -0.125. The van der Waals surface area contributed by atoms with Gasteiger partial charge in [0.05, 0.1) is 12.6 Å². The van der Waals surface area contributed by atoms with Crippen LogP contribution in [0, 0.1) is 6.92 Å². The maximum atomic E-state index is 12.2. The van der Waals surface area contributed by atoms with E-state index in [1.165, 1.54) is 0 Å². The smallest absolute Gasteiger partial charge is 0.237 e. The second-order valence-electron chi connectivity index (χ2n) is 5.35. The predicted molar refractivity (Wildman–Crippen MR) is 70.3 cm³/mol. The minimum absolute atomic E-state index is 0.0167. The van der Waals surface area contributed by atoms with Crippen LogP contribution in [0.5, 0.6) is 0 Å². The molecule has 1 aliphatic rings. The molecule has 0 radical (unpaired) electrons.